The maximum atomic E-state index is 14.0. The fraction of sp³-hybridized carbons (Fsp3) is 0.207. The Bertz CT molecular complexity index is 1650. The van der Waals surface area contributed by atoms with Gasteiger partial charge in [-0.05, 0) is 35.7 Å². The Morgan fingerprint density at radius 2 is 1.62 bits per heavy atom. The molecule has 1 fully saturated rings. The Morgan fingerprint density at radius 1 is 1.00 bits per heavy atom. The average molecular weight is 531 g/mol. The number of likely N-dealkylation sites (tertiary alicyclic amines) is 1. The number of amides is 1. The van der Waals surface area contributed by atoms with Crippen molar-refractivity contribution < 1.29 is 23.1 Å². The second-order valence-electron chi connectivity index (χ2n) is 9.69. The first-order valence-electron chi connectivity index (χ1n) is 12.3. The molecule has 3 heterocycles. The average Bonchev–Trinajstić information content (AvgIpc) is 3.60. The van der Waals surface area contributed by atoms with Crippen molar-refractivity contribution in [3.8, 4) is 17.6 Å². The van der Waals surface area contributed by atoms with Gasteiger partial charge in [0.15, 0.2) is 0 Å². The van der Waals surface area contributed by atoms with Gasteiger partial charge in [-0.15, -0.1) is 0 Å². The second kappa shape index (κ2) is 8.91. The van der Waals surface area contributed by atoms with Crippen LogP contribution in [0.3, 0.4) is 0 Å². The Morgan fingerprint density at radius 3 is 2.18 bits per heavy atom. The molecule has 1 amide bonds. The molecule has 0 radical (unpaired) electrons. The number of hydrogen-bond donors (Lipinski definition) is 1. The number of alkyl halides is 3. The minimum atomic E-state index is -4.82. The van der Waals surface area contributed by atoms with Gasteiger partial charge in [0.2, 0.25) is 11.8 Å². The number of halogens is 3. The molecular weight excluding hydrogens is 509 g/mol. The Labute approximate surface area is 220 Å². The van der Waals surface area contributed by atoms with Crippen molar-refractivity contribution in [3.63, 3.8) is 0 Å². The van der Waals surface area contributed by atoms with Gasteiger partial charge >= 0.3 is 11.9 Å². The highest BCUT2D eigenvalue weighted by atomic mass is 19.4. The van der Waals surface area contributed by atoms with E-state index >= 15 is 0 Å². The van der Waals surface area contributed by atoms with E-state index < -0.39 is 46.9 Å². The molecule has 0 saturated carbocycles. The van der Waals surface area contributed by atoms with Gasteiger partial charge in [-0.2, -0.15) is 18.4 Å². The van der Waals surface area contributed by atoms with Gasteiger partial charge in [0.25, 0.3) is 0 Å². The minimum Gasteiger partial charge on any atom is -0.493 e. The van der Waals surface area contributed by atoms with Crippen LogP contribution in [0.2, 0.25) is 0 Å². The highest BCUT2D eigenvalue weighted by molar-refractivity contribution is 5.88. The van der Waals surface area contributed by atoms with Gasteiger partial charge in [0.1, 0.15) is 5.69 Å². The van der Waals surface area contributed by atoms with Crippen molar-refractivity contribution in [2.24, 2.45) is 0 Å². The normalized spacial score (nSPS) is 17.9. The third kappa shape index (κ3) is 3.81. The maximum Gasteiger partial charge on any atom is 0.417 e. The van der Waals surface area contributed by atoms with Gasteiger partial charge in [0, 0.05) is 6.54 Å². The number of aromatic nitrogens is 2. The topological polar surface area (TPSA) is 91.3 Å². The Kier molecular flexibility index (Phi) is 5.61. The molecule has 2 atom stereocenters. The summed E-state index contributed by atoms with van der Waals surface area (Å²) in [5.74, 6) is -1.31. The van der Waals surface area contributed by atoms with Crippen LogP contribution in [0.25, 0.3) is 5.69 Å². The minimum absolute atomic E-state index is 0.191. The number of imidazole rings is 1. The molecule has 2 bridgehead atoms. The predicted octanol–water partition coefficient (Wildman–Crippen LogP) is 4.90. The molecular formula is C29H21F3N4O3. The van der Waals surface area contributed by atoms with Crippen molar-refractivity contribution in [1.82, 2.24) is 14.0 Å². The van der Waals surface area contributed by atoms with E-state index in [2.05, 4.69) is 0 Å². The molecule has 7 nitrogen and oxygen atoms in total. The molecule has 196 valence electrons. The number of nitrogens with zero attached hydrogens (tertiary/aromatic N) is 4. The molecule has 1 unspecified atom stereocenters. The number of carbonyl (C=O) groups excluding carboxylic acids is 1. The van der Waals surface area contributed by atoms with E-state index in [4.69, 9.17) is 5.26 Å². The molecule has 2 aliphatic heterocycles. The number of hydrogen-bond acceptors (Lipinski definition) is 4. The molecule has 4 aromatic rings. The number of nitriles is 1. The third-order valence-electron chi connectivity index (χ3n) is 7.54. The van der Waals surface area contributed by atoms with E-state index in [0.29, 0.717) is 12.5 Å². The summed E-state index contributed by atoms with van der Waals surface area (Å²) in [6.45, 7) is 0.233. The Balaban J connectivity index is 1.41. The summed E-state index contributed by atoms with van der Waals surface area (Å²) in [4.78, 5) is 29.0. The van der Waals surface area contributed by atoms with Crippen LogP contribution in [0.1, 0.15) is 52.4 Å². The second-order valence-corrected chi connectivity index (χ2v) is 9.69. The molecule has 1 aromatic heterocycles. The van der Waals surface area contributed by atoms with Gasteiger partial charge in [-0.25, -0.2) is 9.36 Å². The number of rotatable bonds is 4. The molecule has 39 heavy (non-hydrogen) atoms. The van der Waals surface area contributed by atoms with E-state index in [-0.39, 0.29) is 23.8 Å². The van der Waals surface area contributed by atoms with Gasteiger partial charge in [0.05, 0.1) is 40.9 Å². The third-order valence-corrected chi connectivity index (χ3v) is 7.54. The lowest BCUT2D eigenvalue weighted by Crippen LogP contribution is -2.40. The number of benzene rings is 3. The van der Waals surface area contributed by atoms with Crippen molar-refractivity contribution in [3.05, 3.63) is 117 Å². The molecule has 0 aliphatic carbocycles. The Hall–Kier alpha value is -4.78. The SMILES string of the molecule is N#Cc1ccc(-n2c(O)c3n(c2=O)[C@@H]2CC3N(C(=O)C(c3ccccc3)c3ccccc3)C2)cc1C(F)(F)F. The standard InChI is InChI=1S/C29H21F3N4O3/c30-29(31,32)22-13-20(12-11-19(22)15-33)36-27(38)25-23-14-21(35(25)28(36)39)16-34(23)26(37)24(17-7-3-1-4-8-17)18-9-5-2-6-10-18/h1-13,21,23-24,38H,14,16H2/t21-,23?/m1/s1. The quantitative estimate of drug-likeness (QED) is 0.407. The summed E-state index contributed by atoms with van der Waals surface area (Å²) >= 11 is 0. The first kappa shape index (κ1) is 24.6. The van der Waals surface area contributed by atoms with E-state index in [1.54, 1.807) is 4.90 Å². The summed E-state index contributed by atoms with van der Waals surface area (Å²) in [5.41, 5.74) is -0.899. The van der Waals surface area contributed by atoms with E-state index in [1.165, 1.54) is 16.7 Å². The smallest absolute Gasteiger partial charge is 0.417 e. The molecule has 0 spiro atoms. The fourth-order valence-corrected chi connectivity index (χ4v) is 5.86. The number of carbonyl (C=O) groups is 1. The van der Waals surface area contributed by atoms with Crippen LogP contribution in [0.4, 0.5) is 13.2 Å². The van der Waals surface area contributed by atoms with Gasteiger partial charge in [-0.3, -0.25) is 9.36 Å². The largest absolute Gasteiger partial charge is 0.493 e. The summed E-state index contributed by atoms with van der Waals surface area (Å²) in [6.07, 6.45) is -4.41. The summed E-state index contributed by atoms with van der Waals surface area (Å²) < 4.78 is 42.9. The molecule has 1 saturated heterocycles. The fourth-order valence-electron chi connectivity index (χ4n) is 5.86. The van der Waals surface area contributed by atoms with Crippen LogP contribution in [0.5, 0.6) is 5.88 Å². The van der Waals surface area contributed by atoms with Crippen molar-refractivity contribution >= 4 is 5.91 Å². The van der Waals surface area contributed by atoms with E-state index in [0.717, 1.165) is 21.8 Å². The van der Waals surface area contributed by atoms with Crippen LogP contribution in [-0.2, 0) is 11.0 Å². The van der Waals surface area contributed by atoms with Gasteiger partial charge in [-0.1, -0.05) is 60.7 Å². The van der Waals surface area contributed by atoms with Crippen LogP contribution < -0.4 is 5.69 Å². The zero-order valence-electron chi connectivity index (χ0n) is 20.3. The highest BCUT2D eigenvalue weighted by Crippen LogP contribution is 2.50. The van der Waals surface area contributed by atoms with Crippen LogP contribution in [0, 0.1) is 11.3 Å². The van der Waals surface area contributed by atoms with Crippen LogP contribution in [-0.4, -0.2) is 31.6 Å². The molecule has 3 aromatic carbocycles. The van der Waals surface area contributed by atoms with Crippen molar-refractivity contribution in [2.75, 3.05) is 6.54 Å². The summed E-state index contributed by atoms with van der Waals surface area (Å²) in [6, 6.07) is 21.9. The van der Waals surface area contributed by atoms with Crippen molar-refractivity contribution in [1.29, 1.82) is 5.26 Å². The molecule has 2 aliphatic rings. The van der Waals surface area contributed by atoms with Gasteiger partial charge < -0.3 is 10.0 Å². The molecule has 6 rings (SSSR count). The van der Waals surface area contributed by atoms with E-state index in [9.17, 15) is 27.9 Å². The van der Waals surface area contributed by atoms with Crippen molar-refractivity contribution in [2.45, 2.75) is 30.6 Å². The van der Waals surface area contributed by atoms with Crippen LogP contribution in [0.15, 0.2) is 83.7 Å². The van der Waals surface area contributed by atoms with Crippen LogP contribution >= 0.6 is 0 Å². The maximum absolute atomic E-state index is 14.0. The predicted molar refractivity (Wildman–Crippen MR) is 134 cm³/mol. The zero-order chi connectivity index (χ0) is 27.5. The lowest BCUT2D eigenvalue weighted by atomic mass is 9.89. The summed E-state index contributed by atoms with van der Waals surface area (Å²) in [5, 5.41) is 20.3. The van der Waals surface area contributed by atoms with E-state index in [1.807, 2.05) is 60.7 Å². The number of aromatic hydroxyl groups is 1. The molecule has 1 N–H and O–H groups in total. The lowest BCUT2D eigenvalue weighted by Gasteiger charge is -2.31. The molecule has 10 heteroatoms. The summed E-state index contributed by atoms with van der Waals surface area (Å²) in [7, 11) is 0. The zero-order valence-corrected chi connectivity index (χ0v) is 20.3. The number of fused-ring (bicyclic) bond motifs is 5. The highest BCUT2D eigenvalue weighted by Gasteiger charge is 2.50. The first-order valence-corrected chi connectivity index (χ1v) is 12.3. The first-order chi connectivity index (χ1) is 18.7. The monoisotopic (exact) mass is 530 g/mol. The lowest BCUT2D eigenvalue weighted by molar-refractivity contribution is -0.137.